The molecular weight excluding hydrogens is 288 g/mol. The molecule has 1 aliphatic rings. The molecule has 0 saturated carbocycles. The van der Waals surface area contributed by atoms with E-state index in [0.717, 1.165) is 5.56 Å². The third-order valence-electron chi connectivity index (χ3n) is 3.54. The molecule has 5 nitrogen and oxygen atoms in total. The summed E-state index contributed by atoms with van der Waals surface area (Å²) < 4.78 is 5.28. The van der Waals surface area contributed by atoms with Crippen LogP contribution in [0.3, 0.4) is 0 Å². The summed E-state index contributed by atoms with van der Waals surface area (Å²) in [6, 6.07) is 5.26. The van der Waals surface area contributed by atoms with Gasteiger partial charge < -0.3 is 10.5 Å². The van der Waals surface area contributed by atoms with Gasteiger partial charge in [-0.2, -0.15) is 0 Å². The normalized spacial score (nSPS) is 16.2. The predicted molar refractivity (Wildman–Crippen MR) is 82.8 cm³/mol. The number of hydrogen-bond acceptors (Lipinski definition) is 4. The molecule has 1 aliphatic heterocycles. The minimum atomic E-state index is -0.151. The zero-order chi connectivity index (χ0) is 15.6. The summed E-state index contributed by atoms with van der Waals surface area (Å²) in [5.74, 6) is 0.406. The fourth-order valence-corrected chi connectivity index (χ4v) is 2.56. The number of ether oxygens (including phenoxy) is 1. The first-order valence-electron chi connectivity index (χ1n) is 6.72. The van der Waals surface area contributed by atoms with E-state index in [2.05, 4.69) is 0 Å². The molecule has 0 unspecified atom stereocenters. The van der Waals surface area contributed by atoms with Crippen LogP contribution in [0.2, 0.25) is 0 Å². The first-order valence-corrected chi connectivity index (χ1v) is 7.13. The summed E-state index contributed by atoms with van der Waals surface area (Å²) in [6.07, 6.45) is 0.784. The Bertz CT molecular complexity index is 583. The molecule has 0 radical (unpaired) electrons. The van der Waals surface area contributed by atoms with Crippen molar-refractivity contribution in [2.45, 2.75) is 26.3 Å². The molecule has 2 rings (SSSR count). The largest absolute Gasteiger partial charge is 0.496 e. The van der Waals surface area contributed by atoms with Gasteiger partial charge in [0, 0.05) is 24.0 Å². The maximum Gasteiger partial charge on any atom is 0.229 e. The van der Waals surface area contributed by atoms with E-state index in [4.69, 9.17) is 22.7 Å². The number of rotatable bonds is 4. The average Bonchev–Trinajstić information content (AvgIpc) is 2.42. The highest BCUT2D eigenvalue weighted by atomic mass is 32.1. The van der Waals surface area contributed by atoms with Gasteiger partial charge in [0.1, 0.15) is 10.7 Å². The van der Waals surface area contributed by atoms with Crippen LogP contribution in [0.15, 0.2) is 18.2 Å². The van der Waals surface area contributed by atoms with Gasteiger partial charge in [0.2, 0.25) is 11.8 Å². The number of nitrogens with two attached hydrogens (primary N) is 1. The molecule has 21 heavy (non-hydrogen) atoms. The van der Waals surface area contributed by atoms with Crippen LogP contribution in [-0.2, 0) is 16.1 Å². The van der Waals surface area contributed by atoms with Crippen molar-refractivity contribution >= 4 is 29.0 Å². The minimum absolute atomic E-state index is 0.103. The zero-order valence-corrected chi connectivity index (χ0v) is 12.9. The van der Waals surface area contributed by atoms with E-state index < -0.39 is 0 Å². The molecule has 1 fully saturated rings. The molecule has 0 bridgehead atoms. The highest BCUT2D eigenvalue weighted by Crippen LogP contribution is 2.25. The first-order chi connectivity index (χ1) is 9.92. The van der Waals surface area contributed by atoms with Gasteiger partial charge in [0.25, 0.3) is 0 Å². The summed E-state index contributed by atoms with van der Waals surface area (Å²) in [5.41, 5.74) is 7.03. The van der Waals surface area contributed by atoms with E-state index >= 15 is 0 Å². The molecule has 0 aromatic heterocycles. The lowest BCUT2D eigenvalue weighted by atomic mass is 9.97. The predicted octanol–water partition coefficient (Wildman–Crippen LogP) is 1.61. The summed E-state index contributed by atoms with van der Waals surface area (Å²) in [4.78, 5) is 25.6. The summed E-state index contributed by atoms with van der Waals surface area (Å²) in [6.45, 7) is 2.09. The van der Waals surface area contributed by atoms with Crippen LogP contribution >= 0.6 is 12.2 Å². The second kappa shape index (κ2) is 6.22. The molecule has 1 aromatic carbocycles. The lowest BCUT2D eigenvalue weighted by Gasteiger charge is -2.28. The van der Waals surface area contributed by atoms with Crippen molar-refractivity contribution in [1.29, 1.82) is 0 Å². The lowest BCUT2D eigenvalue weighted by molar-refractivity contribution is -0.150. The Morgan fingerprint density at radius 2 is 2.00 bits per heavy atom. The Morgan fingerprint density at radius 1 is 1.38 bits per heavy atom. The highest BCUT2D eigenvalue weighted by molar-refractivity contribution is 7.80. The Kier molecular flexibility index (Phi) is 4.57. The van der Waals surface area contributed by atoms with E-state index in [1.54, 1.807) is 25.3 Å². The standard InChI is InChI=1S/C15H18N2O3S/c1-9-5-13(18)17(14(19)6-9)8-11-7-10(15(16)21)3-4-12(11)20-2/h3-4,7,9H,5-6,8H2,1-2H3,(H2,16,21). The molecule has 1 aromatic rings. The summed E-state index contributed by atoms with van der Waals surface area (Å²) in [5, 5.41) is 0. The van der Waals surface area contributed by atoms with Crippen LogP contribution in [0.1, 0.15) is 30.9 Å². The van der Waals surface area contributed by atoms with E-state index in [1.165, 1.54) is 4.90 Å². The fourth-order valence-electron chi connectivity index (χ4n) is 2.43. The zero-order valence-electron chi connectivity index (χ0n) is 12.1. The number of benzene rings is 1. The van der Waals surface area contributed by atoms with Gasteiger partial charge in [-0.05, 0) is 24.1 Å². The van der Waals surface area contributed by atoms with Crippen LogP contribution < -0.4 is 10.5 Å². The molecule has 0 aliphatic carbocycles. The van der Waals surface area contributed by atoms with Crippen LogP contribution in [0.25, 0.3) is 0 Å². The number of likely N-dealkylation sites (tertiary alicyclic amines) is 1. The molecule has 0 atom stereocenters. The third kappa shape index (κ3) is 3.39. The molecule has 1 saturated heterocycles. The van der Waals surface area contributed by atoms with Crippen LogP contribution in [0, 0.1) is 5.92 Å². The Balaban J connectivity index is 2.29. The number of carbonyl (C=O) groups excluding carboxylic acids is 2. The Labute approximate surface area is 129 Å². The van der Waals surface area contributed by atoms with Crippen LogP contribution in [-0.4, -0.2) is 28.8 Å². The summed E-state index contributed by atoms with van der Waals surface area (Å²) in [7, 11) is 1.54. The highest BCUT2D eigenvalue weighted by Gasteiger charge is 2.30. The maximum absolute atomic E-state index is 12.1. The minimum Gasteiger partial charge on any atom is -0.496 e. The van der Waals surface area contributed by atoms with Gasteiger partial charge in [0.05, 0.1) is 13.7 Å². The first kappa shape index (κ1) is 15.4. The van der Waals surface area contributed by atoms with Gasteiger partial charge in [0.15, 0.2) is 0 Å². The number of nitrogens with zero attached hydrogens (tertiary/aromatic N) is 1. The van der Waals surface area contributed by atoms with Crippen molar-refractivity contribution in [3.63, 3.8) is 0 Å². The molecule has 0 spiro atoms. The van der Waals surface area contributed by atoms with Gasteiger partial charge in [-0.25, -0.2) is 0 Å². The van der Waals surface area contributed by atoms with Crippen molar-refractivity contribution in [3.8, 4) is 5.75 Å². The SMILES string of the molecule is COc1ccc(C(N)=S)cc1CN1C(=O)CC(C)CC1=O. The number of hydrogen-bond donors (Lipinski definition) is 1. The van der Waals surface area contributed by atoms with Crippen molar-refractivity contribution in [2.75, 3.05) is 7.11 Å². The van der Waals surface area contributed by atoms with E-state index in [9.17, 15) is 9.59 Å². The third-order valence-corrected chi connectivity index (χ3v) is 3.78. The van der Waals surface area contributed by atoms with E-state index in [0.29, 0.717) is 24.2 Å². The van der Waals surface area contributed by atoms with Crippen LogP contribution in [0.4, 0.5) is 0 Å². The maximum atomic E-state index is 12.1. The van der Waals surface area contributed by atoms with Gasteiger partial charge in [-0.1, -0.05) is 19.1 Å². The number of piperidine rings is 1. The summed E-state index contributed by atoms with van der Waals surface area (Å²) >= 11 is 4.96. The number of carbonyl (C=O) groups is 2. The van der Waals surface area contributed by atoms with E-state index in [-0.39, 0.29) is 29.3 Å². The average molecular weight is 306 g/mol. The van der Waals surface area contributed by atoms with Gasteiger partial charge in [-0.15, -0.1) is 0 Å². The van der Waals surface area contributed by atoms with Crippen molar-refractivity contribution in [2.24, 2.45) is 11.7 Å². The monoisotopic (exact) mass is 306 g/mol. The smallest absolute Gasteiger partial charge is 0.229 e. The fraction of sp³-hybridized carbons (Fsp3) is 0.400. The van der Waals surface area contributed by atoms with Gasteiger partial charge in [-0.3, -0.25) is 14.5 Å². The Morgan fingerprint density at radius 3 is 2.52 bits per heavy atom. The number of thiocarbonyl (C=S) groups is 1. The number of methoxy groups -OCH3 is 1. The quantitative estimate of drug-likeness (QED) is 0.676. The molecule has 6 heteroatoms. The van der Waals surface area contributed by atoms with Gasteiger partial charge >= 0.3 is 0 Å². The van der Waals surface area contributed by atoms with Crippen molar-refractivity contribution < 1.29 is 14.3 Å². The molecule has 1 heterocycles. The van der Waals surface area contributed by atoms with Crippen molar-refractivity contribution in [1.82, 2.24) is 4.90 Å². The molecular formula is C15H18N2O3S. The molecule has 112 valence electrons. The van der Waals surface area contributed by atoms with E-state index in [1.807, 2.05) is 6.92 Å². The van der Waals surface area contributed by atoms with Crippen molar-refractivity contribution in [3.05, 3.63) is 29.3 Å². The topological polar surface area (TPSA) is 72.6 Å². The molecule has 2 N–H and O–H groups in total. The second-order valence-corrected chi connectivity index (χ2v) is 5.72. The van der Waals surface area contributed by atoms with Crippen LogP contribution in [0.5, 0.6) is 5.75 Å². The number of amides is 2. The Hall–Kier alpha value is -1.95. The lowest BCUT2D eigenvalue weighted by Crippen LogP contribution is -2.42. The number of imide groups is 1. The molecule has 2 amide bonds. The second-order valence-electron chi connectivity index (χ2n) is 5.28.